The van der Waals surface area contributed by atoms with Gasteiger partial charge in [-0.25, -0.2) is 0 Å². The van der Waals surface area contributed by atoms with Crippen LogP contribution in [0.2, 0.25) is 0 Å². The highest BCUT2D eigenvalue weighted by atomic mass is 14.9. The van der Waals surface area contributed by atoms with Crippen LogP contribution >= 0.6 is 0 Å². The van der Waals surface area contributed by atoms with Crippen LogP contribution in [0, 0.1) is 16.7 Å². The number of para-hydroxylation sites is 1. The topological polar surface area (TPSA) is 48.7 Å². The molecule has 1 N–H and O–H groups in total. The lowest BCUT2D eigenvalue weighted by Crippen LogP contribution is -2.22. The molecule has 19 heavy (non-hydrogen) atoms. The second-order valence-electron chi connectivity index (χ2n) is 5.55. The Labute approximate surface area is 114 Å². The van der Waals surface area contributed by atoms with Gasteiger partial charge in [-0.15, -0.1) is 0 Å². The summed E-state index contributed by atoms with van der Waals surface area (Å²) in [4.78, 5) is 4.31. The summed E-state index contributed by atoms with van der Waals surface area (Å²) in [6.07, 6.45) is 2.73. The molecule has 0 unspecified atom stereocenters. The number of hydrogen-bond acceptors (Lipinski definition) is 3. The van der Waals surface area contributed by atoms with Gasteiger partial charge in [-0.05, 0) is 17.9 Å². The van der Waals surface area contributed by atoms with Crippen molar-refractivity contribution in [3.05, 3.63) is 36.0 Å². The molecular formula is C16H19N3. The van der Waals surface area contributed by atoms with E-state index >= 15 is 0 Å². The number of pyridine rings is 1. The fourth-order valence-corrected chi connectivity index (χ4v) is 1.87. The molecule has 98 valence electrons. The van der Waals surface area contributed by atoms with Crippen molar-refractivity contribution in [1.29, 1.82) is 5.26 Å². The minimum Gasteiger partial charge on any atom is -0.383 e. The third-order valence-corrected chi connectivity index (χ3v) is 3.60. The van der Waals surface area contributed by atoms with Crippen molar-refractivity contribution in [2.24, 2.45) is 5.41 Å². The molecule has 0 fully saturated rings. The minimum atomic E-state index is 0.205. The van der Waals surface area contributed by atoms with E-state index in [2.05, 4.69) is 37.1 Å². The average Bonchev–Trinajstić information content (AvgIpc) is 2.44. The van der Waals surface area contributed by atoms with Crippen LogP contribution in [0.25, 0.3) is 10.9 Å². The molecule has 0 amide bonds. The van der Waals surface area contributed by atoms with E-state index in [0.29, 0.717) is 5.56 Å². The maximum atomic E-state index is 9.23. The van der Waals surface area contributed by atoms with Gasteiger partial charge in [0.2, 0.25) is 0 Å². The van der Waals surface area contributed by atoms with Crippen molar-refractivity contribution in [2.75, 3.05) is 11.9 Å². The quantitative estimate of drug-likeness (QED) is 0.897. The molecular weight excluding hydrogens is 234 g/mol. The minimum absolute atomic E-state index is 0.205. The molecule has 0 bridgehead atoms. The average molecular weight is 253 g/mol. The van der Waals surface area contributed by atoms with Gasteiger partial charge in [0, 0.05) is 18.1 Å². The molecule has 0 atom stereocenters. The van der Waals surface area contributed by atoms with Gasteiger partial charge in [-0.2, -0.15) is 5.26 Å². The Hall–Kier alpha value is -2.08. The molecule has 0 radical (unpaired) electrons. The Bertz CT molecular complexity index is 623. The highest BCUT2D eigenvalue weighted by Crippen LogP contribution is 2.27. The smallest absolute Gasteiger partial charge is 0.103 e. The predicted octanol–water partition coefficient (Wildman–Crippen LogP) is 3.95. The first-order valence-corrected chi connectivity index (χ1v) is 6.59. The maximum Gasteiger partial charge on any atom is 0.103 e. The number of nitrogens with zero attached hydrogens (tertiary/aromatic N) is 2. The van der Waals surface area contributed by atoms with Crippen molar-refractivity contribution in [2.45, 2.75) is 27.2 Å². The Morgan fingerprint density at radius 1 is 1.32 bits per heavy atom. The molecule has 0 aliphatic rings. The van der Waals surface area contributed by atoms with Gasteiger partial charge in [0.05, 0.1) is 16.8 Å². The van der Waals surface area contributed by atoms with Crippen molar-refractivity contribution < 1.29 is 0 Å². The van der Waals surface area contributed by atoms with Gasteiger partial charge in [-0.1, -0.05) is 39.0 Å². The van der Waals surface area contributed by atoms with E-state index in [1.54, 1.807) is 6.20 Å². The zero-order valence-electron chi connectivity index (χ0n) is 11.7. The highest BCUT2D eigenvalue weighted by Gasteiger charge is 2.16. The second kappa shape index (κ2) is 5.27. The molecule has 1 aromatic heterocycles. The lowest BCUT2D eigenvalue weighted by Gasteiger charge is -2.24. The van der Waals surface area contributed by atoms with Crippen molar-refractivity contribution in [3.63, 3.8) is 0 Å². The van der Waals surface area contributed by atoms with E-state index in [-0.39, 0.29) is 5.41 Å². The van der Waals surface area contributed by atoms with Crippen LogP contribution in [0.1, 0.15) is 32.8 Å². The molecule has 0 saturated carbocycles. The maximum absolute atomic E-state index is 9.23. The number of aromatic nitrogens is 1. The van der Waals surface area contributed by atoms with Gasteiger partial charge in [0.25, 0.3) is 0 Å². The summed E-state index contributed by atoms with van der Waals surface area (Å²) < 4.78 is 0. The molecule has 3 nitrogen and oxygen atoms in total. The van der Waals surface area contributed by atoms with Crippen LogP contribution in [-0.4, -0.2) is 11.5 Å². The van der Waals surface area contributed by atoms with Crippen LogP contribution in [0.5, 0.6) is 0 Å². The molecule has 1 heterocycles. The standard InChI is InChI=1S/C16H19N3/c1-4-16(2,3)11-19-15-12(9-17)10-18-14-8-6-5-7-13(14)15/h5-8,10H,4,11H2,1-3H3,(H,18,19). The van der Waals surface area contributed by atoms with Crippen molar-refractivity contribution in [3.8, 4) is 6.07 Å². The number of hydrogen-bond donors (Lipinski definition) is 1. The monoisotopic (exact) mass is 253 g/mol. The van der Waals surface area contributed by atoms with E-state index in [9.17, 15) is 5.26 Å². The molecule has 3 heteroatoms. The molecule has 2 aromatic rings. The predicted molar refractivity (Wildman–Crippen MR) is 79.0 cm³/mol. The number of fused-ring (bicyclic) bond motifs is 1. The number of nitrogens with one attached hydrogen (secondary N) is 1. The summed E-state index contributed by atoms with van der Waals surface area (Å²) in [5.41, 5.74) is 2.62. The normalized spacial score (nSPS) is 11.3. The zero-order chi connectivity index (χ0) is 13.9. The van der Waals surface area contributed by atoms with Crippen LogP contribution in [0.4, 0.5) is 5.69 Å². The van der Waals surface area contributed by atoms with Gasteiger partial charge in [0.15, 0.2) is 0 Å². The van der Waals surface area contributed by atoms with Crippen LogP contribution in [0.15, 0.2) is 30.5 Å². The Morgan fingerprint density at radius 3 is 2.74 bits per heavy atom. The first kappa shape index (κ1) is 13.4. The van der Waals surface area contributed by atoms with Crippen LogP contribution < -0.4 is 5.32 Å². The summed E-state index contributed by atoms with van der Waals surface area (Å²) >= 11 is 0. The molecule has 0 spiro atoms. The second-order valence-corrected chi connectivity index (χ2v) is 5.55. The summed E-state index contributed by atoms with van der Waals surface area (Å²) in [5, 5.41) is 13.7. The Balaban J connectivity index is 2.43. The number of benzene rings is 1. The van der Waals surface area contributed by atoms with E-state index in [1.165, 1.54) is 0 Å². The number of nitriles is 1. The third kappa shape index (κ3) is 2.85. The number of anilines is 1. The van der Waals surface area contributed by atoms with Crippen molar-refractivity contribution in [1.82, 2.24) is 4.98 Å². The van der Waals surface area contributed by atoms with Gasteiger partial charge >= 0.3 is 0 Å². The van der Waals surface area contributed by atoms with Crippen LogP contribution in [-0.2, 0) is 0 Å². The third-order valence-electron chi connectivity index (χ3n) is 3.60. The van der Waals surface area contributed by atoms with Crippen molar-refractivity contribution >= 4 is 16.6 Å². The van der Waals surface area contributed by atoms with E-state index < -0.39 is 0 Å². The molecule has 1 aromatic carbocycles. The van der Waals surface area contributed by atoms with E-state index in [1.807, 2.05) is 24.3 Å². The summed E-state index contributed by atoms with van der Waals surface area (Å²) in [6.45, 7) is 7.45. The molecule has 0 saturated heterocycles. The molecule has 0 aliphatic carbocycles. The summed E-state index contributed by atoms with van der Waals surface area (Å²) in [7, 11) is 0. The van der Waals surface area contributed by atoms with E-state index in [0.717, 1.165) is 29.6 Å². The van der Waals surface area contributed by atoms with Gasteiger partial charge in [0.1, 0.15) is 6.07 Å². The fraction of sp³-hybridized carbons (Fsp3) is 0.375. The summed E-state index contributed by atoms with van der Waals surface area (Å²) in [6, 6.07) is 10.1. The lowest BCUT2D eigenvalue weighted by atomic mass is 9.90. The fourth-order valence-electron chi connectivity index (χ4n) is 1.87. The largest absolute Gasteiger partial charge is 0.383 e. The first-order valence-electron chi connectivity index (χ1n) is 6.59. The zero-order valence-corrected chi connectivity index (χ0v) is 11.7. The van der Waals surface area contributed by atoms with E-state index in [4.69, 9.17) is 0 Å². The summed E-state index contributed by atoms with van der Waals surface area (Å²) in [5.74, 6) is 0. The Kier molecular flexibility index (Phi) is 3.71. The van der Waals surface area contributed by atoms with Gasteiger partial charge in [-0.3, -0.25) is 4.98 Å². The van der Waals surface area contributed by atoms with Crippen LogP contribution in [0.3, 0.4) is 0 Å². The number of rotatable bonds is 4. The Morgan fingerprint density at radius 2 is 2.05 bits per heavy atom. The van der Waals surface area contributed by atoms with Gasteiger partial charge < -0.3 is 5.32 Å². The lowest BCUT2D eigenvalue weighted by molar-refractivity contribution is 0.377. The highest BCUT2D eigenvalue weighted by molar-refractivity contribution is 5.93. The first-order chi connectivity index (χ1) is 9.07. The molecule has 0 aliphatic heterocycles. The molecule has 2 rings (SSSR count). The SMILES string of the molecule is CCC(C)(C)CNc1c(C#N)cnc2ccccc12.